The Morgan fingerprint density at radius 2 is 0.667 bits per heavy atom. The molecule has 12 aromatic rings. The Hall–Kier alpha value is -7.65. The Balaban J connectivity index is 0.000000147. The monoisotopic (exact) mass is 985 g/mol. The first-order valence-corrected chi connectivity index (χ1v) is 20.8. The number of nitrogens with zero attached hydrogens (tertiary/aromatic N) is 4. The molecule has 0 atom stereocenters. The molecule has 0 saturated carbocycles. The van der Waals surface area contributed by atoms with E-state index < -0.39 is 0 Å². The van der Waals surface area contributed by atoms with Crippen LogP contribution in [0.3, 0.4) is 0 Å². The maximum Gasteiger partial charge on any atom is 2.00 e. The Morgan fingerprint density at radius 3 is 1.10 bits per heavy atom. The second kappa shape index (κ2) is 17.4. The van der Waals surface area contributed by atoms with Crippen molar-refractivity contribution in [3.05, 3.63) is 243 Å². The summed E-state index contributed by atoms with van der Waals surface area (Å²) in [6, 6.07) is 79.1. The number of hydrogen-bond acceptors (Lipinski definition) is 2. The van der Waals surface area contributed by atoms with Crippen LogP contribution in [0.2, 0.25) is 0 Å². The van der Waals surface area contributed by atoms with Gasteiger partial charge in [-0.25, -0.2) is 0 Å². The van der Waals surface area contributed by atoms with Crippen LogP contribution >= 0.6 is 0 Å². The molecular formula is C58H38N4Pt. The van der Waals surface area contributed by atoms with E-state index in [9.17, 15) is 0 Å². The van der Waals surface area contributed by atoms with E-state index in [4.69, 9.17) is 9.97 Å². The van der Waals surface area contributed by atoms with Crippen LogP contribution in [0.4, 0.5) is 0 Å². The van der Waals surface area contributed by atoms with E-state index in [1.807, 2.05) is 61.2 Å². The van der Waals surface area contributed by atoms with Crippen LogP contribution in [0, 0.1) is 12.1 Å². The van der Waals surface area contributed by atoms with Gasteiger partial charge in [0.2, 0.25) is 0 Å². The molecule has 5 heteroatoms. The SMILES string of the molecule is [Pt+2].[c-]1cc(-c2cccc3ccccc23)c2ccccc2c1-c1nccn1-c1ccccc1.[c-]1cc(-c2cccc3ccccc23)c2ccccc2c1-c1nccn1-c1ccccc1. The van der Waals surface area contributed by atoms with Gasteiger partial charge in [0, 0.05) is 36.2 Å². The van der Waals surface area contributed by atoms with Crippen molar-refractivity contribution in [3.63, 3.8) is 0 Å². The minimum atomic E-state index is 0. The third-order valence-corrected chi connectivity index (χ3v) is 11.7. The van der Waals surface area contributed by atoms with Gasteiger partial charge in [-0.1, -0.05) is 214 Å². The fourth-order valence-electron chi connectivity index (χ4n) is 8.78. The Labute approximate surface area is 380 Å². The molecule has 0 N–H and O–H groups in total. The van der Waals surface area contributed by atoms with E-state index in [2.05, 4.69) is 191 Å². The molecule has 0 aliphatic heterocycles. The van der Waals surface area contributed by atoms with Gasteiger partial charge in [0.25, 0.3) is 0 Å². The summed E-state index contributed by atoms with van der Waals surface area (Å²) in [5.41, 5.74) is 9.02. The van der Waals surface area contributed by atoms with E-state index in [-0.39, 0.29) is 21.1 Å². The molecule has 10 aromatic carbocycles. The van der Waals surface area contributed by atoms with Gasteiger partial charge in [-0.05, 0) is 45.8 Å². The van der Waals surface area contributed by atoms with Crippen LogP contribution in [0.15, 0.2) is 231 Å². The summed E-state index contributed by atoms with van der Waals surface area (Å²) in [6.45, 7) is 0. The molecule has 0 fully saturated rings. The van der Waals surface area contributed by atoms with Crippen LogP contribution in [0.5, 0.6) is 0 Å². The number of fused-ring (bicyclic) bond motifs is 4. The molecule has 0 aliphatic rings. The Bertz CT molecular complexity index is 3290. The summed E-state index contributed by atoms with van der Waals surface area (Å²) in [6.07, 6.45) is 7.71. The van der Waals surface area contributed by atoms with Crippen molar-refractivity contribution in [2.75, 3.05) is 0 Å². The third kappa shape index (κ3) is 7.35. The molecule has 0 unspecified atom stereocenters. The summed E-state index contributed by atoms with van der Waals surface area (Å²) >= 11 is 0. The van der Waals surface area contributed by atoms with Crippen LogP contribution in [0.1, 0.15) is 0 Å². The zero-order chi connectivity index (χ0) is 41.2. The molecule has 0 aliphatic carbocycles. The molecule has 0 spiro atoms. The molecule has 12 rings (SSSR count). The van der Waals surface area contributed by atoms with Gasteiger partial charge >= 0.3 is 21.1 Å². The summed E-state index contributed by atoms with van der Waals surface area (Å²) in [5.74, 6) is 1.79. The Morgan fingerprint density at radius 1 is 0.317 bits per heavy atom. The van der Waals surface area contributed by atoms with Crippen molar-refractivity contribution in [2.24, 2.45) is 0 Å². The van der Waals surface area contributed by atoms with Crippen LogP contribution < -0.4 is 0 Å². The van der Waals surface area contributed by atoms with Crippen LogP contribution in [-0.4, -0.2) is 19.1 Å². The van der Waals surface area contributed by atoms with Gasteiger partial charge in [-0.2, -0.15) is 0 Å². The van der Waals surface area contributed by atoms with Crippen LogP contribution in [0.25, 0.3) is 99.5 Å². The summed E-state index contributed by atoms with van der Waals surface area (Å²) in [4.78, 5) is 9.39. The van der Waals surface area contributed by atoms with E-state index in [1.54, 1.807) is 0 Å². The van der Waals surface area contributed by atoms with E-state index in [0.29, 0.717) is 0 Å². The van der Waals surface area contributed by atoms with Crippen LogP contribution in [-0.2, 0) is 21.1 Å². The second-order valence-corrected chi connectivity index (χ2v) is 15.2. The van der Waals surface area contributed by atoms with Crippen molar-refractivity contribution < 1.29 is 21.1 Å². The molecule has 63 heavy (non-hydrogen) atoms. The minimum absolute atomic E-state index is 0. The largest absolute Gasteiger partial charge is 2.00 e. The Kier molecular flexibility index (Phi) is 10.9. The predicted molar refractivity (Wildman–Crippen MR) is 257 cm³/mol. The molecule has 2 aromatic heterocycles. The molecule has 2 heterocycles. The number of benzene rings is 10. The fraction of sp³-hybridized carbons (Fsp3) is 0. The number of rotatable bonds is 6. The van der Waals surface area contributed by atoms with Crippen molar-refractivity contribution in [3.8, 4) is 56.4 Å². The van der Waals surface area contributed by atoms with Gasteiger partial charge in [0.1, 0.15) is 0 Å². The predicted octanol–water partition coefficient (Wildman–Crippen LogP) is 14.6. The molecule has 0 radical (unpaired) electrons. The maximum atomic E-state index is 4.70. The van der Waals surface area contributed by atoms with Crippen molar-refractivity contribution in [1.82, 2.24) is 19.1 Å². The molecule has 300 valence electrons. The zero-order valence-corrected chi connectivity index (χ0v) is 36.3. The first kappa shape index (κ1) is 39.5. The van der Waals surface area contributed by atoms with Gasteiger partial charge in [-0.3, -0.25) is 9.97 Å². The molecule has 0 bridgehead atoms. The average molecular weight is 986 g/mol. The first-order valence-electron chi connectivity index (χ1n) is 20.8. The molecule has 0 saturated heterocycles. The molecule has 0 amide bonds. The fourth-order valence-corrected chi connectivity index (χ4v) is 8.78. The van der Waals surface area contributed by atoms with Gasteiger partial charge in [-0.15, -0.1) is 35.4 Å². The van der Waals surface area contributed by atoms with E-state index in [0.717, 1.165) is 44.9 Å². The smallest absolute Gasteiger partial charge is 0.340 e. The summed E-state index contributed by atoms with van der Waals surface area (Å²) in [5, 5.41) is 9.70. The van der Waals surface area contributed by atoms with Gasteiger partial charge in [0.05, 0.1) is 11.6 Å². The topological polar surface area (TPSA) is 35.6 Å². The normalized spacial score (nSPS) is 11.0. The van der Waals surface area contributed by atoms with Gasteiger partial charge in [0.15, 0.2) is 0 Å². The zero-order valence-electron chi connectivity index (χ0n) is 34.0. The maximum absolute atomic E-state index is 4.70. The van der Waals surface area contributed by atoms with E-state index in [1.165, 1.54) is 54.6 Å². The number of para-hydroxylation sites is 2. The van der Waals surface area contributed by atoms with Gasteiger partial charge < -0.3 is 9.13 Å². The molecule has 4 nitrogen and oxygen atoms in total. The third-order valence-electron chi connectivity index (χ3n) is 11.7. The van der Waals surface area contributed by atoms with E-state index >= 15 is 0 Å². The minimum Gasteiger partial charge on any atom is -0.340 e. The average Bonchev–Trinajstić information content (AvgIpc) is 4.05. The first-order chi connectivity index (χ1) is 30.8. The number of aromatic nitrogens is 4. The number of hydrogen-bond donors (Lipinski definition) is 0. The summed E-state index contributed by atoms with van der Waals surface area (Å²) in [7, 11) is 0. The summed E-state index contributed by atoms with van der Waals surface area (Å²) < 4.78 is 4.24. The van der Waals surface area contributed by atoms with Crippen molar-refractivity contribution >= 4 is 43.1 Å². The van der Waals surface area contributed by atoms with Crippen molar-refractivity contribution in [1.29, 1.82) is 0 Å². The number of imidazole rings is 2. The standard InChI is InChI=1S/2C29H19N2.Pt/c2*1-2-11-22(12-3-1)31-20-19-30-29(31)28-18-17-27(25-14-6-7-15-26(25)28)24-16-8-10-21-9-4-5-13-23(21)24;/h2*1-17,19-20H;/q2*-1;+2. The quantitative estimate of drug-likeness (QED) is 0.156. The second-order valence-electron chi connectivity index (χ2n) is 15.2. The van der Waals surface area contributed by atoms with Crippen molar-refractivity contribution in [2.45, 2.75) is 0 Å². The molecular weight excluding hydrogens is 948 g/mol.